The van der Waals surface area contributed by atoms with Crippen LogP contribution in [-0.2, 0) is 4.79 Å². The number of aryl methyl sites for hydroxylation is 2. The normalized spacial score (nSPS) is 17.0. The number of rotatable bonds is 4. The summed E-state index contributed by atoms with van der Waals surface area (Å²) in [5.74, 6) is -1.04. The van der Waals surface area contributed by atoms with Crippen LogP contribution in [0.15, 0.2) is 18.2 Å². The van der Waals surface area contributed by atoms with Gasteiger partial charge in [0.05, 0.1) is 0 Å². The van der Waals surface area contributed by atoms with Crippen molar-refractivity contribution in [3.8, 4) is 0 Å². The maximum absolute atomic E-state index is 12.7. The molecule has 0 bridgehead atoms. The predicted octanol–water partition coefficient (Wildman–Crippen LogP) is 3.41. The first-order valence-corrected chi connectivity index (χ1v) is 7.98. The lowest BCUT2D eigenvalue weighted by molar-refractivity contribution is -0.144. The van der Waals surface area contributed by atoms with Crippen LogP contribution in [0.1, 0.15) is 53.6 Å². The summed E-state index contributed by atoms with van der Waals surface area (Å²) in [4.78, 5) is 25.8. The molecule has 2 rings (SSSR count). The molecule has 1 fully saturated rings. The summed E-state index contributed by atoms with van der Waals surface area (Å²) < 4.78 is 0. The minimum Gasteiger partial charge on any atom is -0.480 e. The second kappa shape index (κ2) is 6.95. The van der Waals surface area contributed by atoms with E-state index in [9.17, 15) is 14.7 Å². The molecule has 0 radical (unpaired) electrons. The number of carbonyl (C=O) groups is 2. The summed E-state index contributed by atoms with van der Waals surface area (Å²) in [5, 5.41) is 9.61. The molecule has 4 nitrogen and oxygen atoms in total. The van der Waals surface area contributed by atoms with E-state index in [2.05, 4.69) is 0 Å². The number of likely N-dealkylation sites (N-methyl/N-ethyl adjacent to an activating group) is 1. The Kier molecular flexibility index (Phi) is 5.22. The molecular weight excluding hydrogens is 278 g/mol. The van der Waals surface area contributed by atoms with Crippen molar-refractivity contribution >= 4 is 11.9 Å². The van der Waals surface area contributed by atoms with Gasteiger partial charge in [-0.3, -0.25) is 4.79 Å². The summed E-state index contributed by atoms with van der Waals surface area (Å²) in [6, 6.07) is 4.93. The number of carboxylic acid groups (broad SMARTS) is 1. The number of amides is 1. The van der Waals surface area contributed by atoms with Gasteiger partial charge in [-0.1, -0.05) is 36.5 Å². The molecule has 22 heavy (non-hydrogen) atoms. The maximum atomic E-state index is 12.7. The van der Waals surface area contributed by atoms with Gasteiger partial charge in [0.15, 0.2) is 0 Å². The molecule has 0 unspecified atom stereocenters. The summed E-state index contributed by atoms with van der Waals surface area (Å²) in [5.41, 5.74) is 2.60. The smallest absolute Gasteiger partial charge is 0.326 e. The van der Waals surface area contributed by atoms with Crippen LogP contribution < -0.4 is 0 Å². The Labute approximate surface area is 132 Å². The van der Waals surface area contributed by atoms with Gasteiger partial charge in [-0.05, 0) is 44.7 Å². The van der Waals surface area contributed by atoms with Crippen molar-refractivity contribution in [3.05, 3.63) is 34.9 Å². The van der Waals surface area contributed by atoms with Gasteiger partial charge in [0, 0.05) is 12.6 Å². The molecule has 0 aliphatic heterocycles. The Morgan fingerprint density at radius 3 is 2.14 bits per heavy atom. The van der Waals surface area contributed by atoms with Crippen LogP contribution in [0.4, 0.5) is 0 Å². The number of carbonyl (C=O) groups excluding carboxylic acids is 1. The third kappa shape index (κ3) is 3.67. The Bertz CT molecular complexity index is 541. The fourth-order valence-electron chi connectivity index (χ4n) is 3.56. The van der Waals surface area contributed by atoms with Crippen molar-refractivity contribution in [2.24, 2.45) is 5.92 Å². The van der Waals surface area contributed by atoms with E-state index in [1.807, 2.05) is 32.0 Å². The fourth-order valence-corrected chi connectivity index (χ4v) is 3.56. The highest BCUT2D eigenvalue weighted by Gasteiger charge is 2.35. The molecular formula is C18H25NO3. The van der Waals surface area contributed by atoms with E-state index in [4.69, 9.17) is 0 Å². The summed E-state index contributed by atoms with van der Waals surface area (Å²) in [7, 11) is 1.62. The Morgan fingerprint density at radius 2 is 1.64 bits per heavy atom. The van der Waals surface area contributed by atoms with Crippen LogP contribution in [0, 0.1) is 19.8 Å². The number of hydrogen-bond donors (Lipinski definition) is 1. The molecule has 120 valence electrons. The molecule has 4 heteroatoms. The van der Waals surface area contributed by atoms with Crippen LogP contribution in [0.25, 0.3) is 0 Å². The van der Waals surface area contributed by atoms with E-state index in [-0.39, 0.29) is 11.8 Å². The largest absolute Gasteiger partial charge is 0.480 e. The lowest BCUT2D eigenvalue weighted by atomic mass is 9.83. The van der Waals surface area contributed by atoms with Gasteiger partial charge in [-0.2, -0.15) is 0 Å². The standard InChI is InChI=1S/C18H25NO3/c1-12-9-13(2)11-15(10-12)17(20)19(3)16(18(21)22)14-7-5-4-6-8-14/h9-11,14,16H,4-8H2,1-3H3,(H,21,22)/t16-/m0/s1. The van der Waals surface area contributed by atoms with Crippen molar-refractivity contribution < 1.29 is 14.7 Å². The minimum absolute atomic E-state index is 0.0612. The first-order chi connectivity index (χ1) is 10.4. The quantitative estimate of drug-likeness (QED) is 0.927. The van der Waals surface area contributed by atoms with Gasteiger partial charge in [0.25, 0.3) is 5.91 Å². The van der Waals surface area contributed by atoms with Crippen molar-refractivity contribution in [3.63, 3.8) is 0 Å². The number of aliphatic carboxylic acids is 1. The molecule has 1 saturated carbocycles. The summed E-state index contributed by atoms with van der Waals surface area (Å²) in [6.45, 7) is 3.89. The van der Waals surface area contributed by atoms with Gasteiger partial charge in [-0.25, -0.2) is 4.79 Å². The summed E-state index contributed by atoms with van der Waals surface area (Å²) in [6.07, 6.45) is 5.06. The van der Waals surface area contributed by atoms with Crippen molar-refractivity contribution in [1.82, 2.24) is 4.90 Å². The van der Waals surface area contributed by atoms with E-state index in [0.29, 0.717) is 5.56 Å². The lowest BCUT2D eigenvalue weighted by Gasteiger charge is -2.34. The van der Waals surface area contributed by atoms with Crippen LogP contribution in [0.3, 0.4) is 0 Å². The second-order valence-corrected chi connectivity index (χ2v) is 6.47. The SMILES string of the molecule is Cc1cc(C)cc(C(=O)N(C)[C@H](C(=O)O)C2CCCCC2)c1. The van der Waals surface area contributed by atoms with E-state index in [0.717, 1.165) is 43.2 Å². The van der Waals surface area contributed by atoms with Gasteiger partial charge < -0.3 is 10.0 Å². The van der Waals surface area contributed by atoms with E-state index >= 15 is 0 Å². The highest BCUT2D eigenvalue weighted by atomic mass is 16.4. The molecule has 0 heterocycles. The van der Waals surface area contributed by atoms with E-state index in [1.54, 1.807) is 7.05 Å². The van der Waals surface area contributed by atoms with Gasteiger partial charge >= 0.3 is 5.97 Å². The first-order valence-electron chi connectivity index (χ1n) is 7.98. The first kappa shape index (κ1) is 16.5. The number of nitrogens with zero attached hydrogens (tertiary/aromatic N) is 1. The minimum atomic E-state index is -0.896. The van der Waals surface area contributed by atoms with E-state index in [1.165, 1.54) is 4.90 Å². The van der Waals surface area contributed by atoms with Crippen molar-refractivity contribution in [2.75, 3.05) is 7.05 Å². The summed E-state index contributed by atoms with van der Waals surface area (Å²) >= 11 is 0. The highest BCUT2D eigenvalue weighted by Crippen LogP contribution is 2.29. The Balaban J connectivity index is 2.23. The Hall–Kier alpha value is -1.84. The fraction of sp³-hybridized carbons (Fsp3) is 0.556. The van der Waals surface area contributed by atoms with Crippen LogP contribution in [0.2, 0.25) is 0 Å². The van der Waals surface area contributed by atoms with Crippen LogP contribution in [-0.4, -0.2) is 35.0 Å². The van der Waals surface area contributed by atoms with Crippen molar-refractivity contribution in [2.45, 2.75) is 52.0 Å². The lowest BCUT2D eigenvalue weighted by Crippen LogP contribution is -2.47. The molecule has 0 spiro atoms. The van der Waals surface area contributed by atoms with Crippen LogP contribution >= 0.6 is 0 Å². The molecule has 1 aromatic rings. The average Bonchev–Trinajstić information content (AvgIpc) is 2.46. The third-order valence-electron chi connectivity index (χ3n) is 4.56. The molecule has 1 aliphatic carbocycles. The zero-order valence-corrected chi connectivity index (χ0v) is 13.6. The van der Waals surface area contributed by atoms with E-state index < -0.39 is 12.0 Å². The van der Waals surface area contributed by atoms with Gasteiger partial charge in [0.1, 0.15) is 6.04 Å². The number of hydrogen-bond acceptors (Lipinski definition) is 2. The van der Waals surface area contributed by atoms with Gasteiger partial charge in [-0.15, -0.1) is 0 Å². The molecule has 1 aliphatic rings. The van der Waals surface area contributed by atoms with Crippen LogP contribution in [0.5, 0.6) is 0 Å². The zero-order valence-electron chi connectivity index (χ0n) is 13.6. The number of carboxylic acids is 1. The molecule has 1 N–H and O–H groups in total. The zero-order chi connectivity index (χ0) is 16.3. The molecule has 0 aromatic heterocycles. The predicted molar refractivity (Wildman–Crippen MR) is 86.0 cm³/mol. The third-order valence-corrected chi connectivity index (χ3v) is 4.56. The molecule has 1 atom stereocenters. The Morgan fingerprint density at radius 1 is 1.09 bits per heavy atom. The molecule has 1 aromatic carbocycles. The maximum Gasteiger partial charge on any atom is 0.326 e. The topological polar surface area (TPSA) is 57.6 Å². The second-order valence-electron chi connectivity index (χ2n) is 6.47. The van der Waals surface area contributed by atoms with Crippen molar-refractivity contribution in [1.29, 1.82) is 0 Å². The monoisotopic (exact) mass is 303 g/mol. The molecule has 0 saturated heterocycles. The molecule has 1 amide bonds. The number of benzene rings is 1. The highest BCUT2D eigenvalue weighted by molar-refractivity contribution is 5.96. The average molecular weight is 303 g/mol. The van der Waals surface area contributed by atoms with Gasteiger partial charge in [0.2, 0.25) is 0 Å².